The molecular weight excluding hydrogens is 354 g/mol. The first kappa shape index (κ1) is 15.0. The highest BCUT2D eigenvalue weighted by Gasteiger charge is 2.33. The molecule has 0 bridgehead atoms. The van der Waals surface area contributed by atoms with Gasteiger partial charge in [0.05, 0.1) is 11.1 Å². The fourth-order valence-corrected chi connectivity index (χ4v) is 3.63. The van der Waals surface area contributed by atoms with Gasteiger partial charge in [0.2, 0.25) is 0 Å². The highest BCUT2D eigenvalue weighted by molar-refractivity contribution is 9.10. The van der Waals surface area contributed by atoms with Crippen LogP contribution in [0.1, 0.15) is 44.3 Å². The molecule has 2 aromatic rings. The Kier molecular flexibility index (Phi) is 4.33. The van der Waals surface area contributed by atoms with E-state index >= 15 is 0 Å². The Labute approximate surface area is 137 Å². The maximum absolute atomic E-state index is 6.52. The summed E-state index contributed by atoms with van der Waals surface area (Å²) in [6, 6.07) is 5.47. The van der Waals surface area contributed by atoms with Crippen molar-refractivity contribution in [1.29, 1.82) is 0 Å². The summed E-state index contributed by atoms with van der Waals surface area (Å²) in [6.07, 6.45) is 6.51. The minimum absolute atomic E-state index is 0.461. The summed E-state index contributed by atoms with van der Waals surface area (Å²) in [6.45, 7) is 0. The Morgan fingerprint density at radius 3 is 2.57 bits per heavy atom. The average Bonchev–Trinajstić information content (AvgIpc) is 2.83. The first-order valence-corrected chi connectivity index (χ1v) is 8.34. The molecule has 0 atom stereocenters. The molecule has 0 spiro atoms. The Morgan fingerprint density at radius 2 is 1.90 bits per heavy atom. The Hall–Kier alpha value is -0.910. The van der Waals surface area contributed by atoms with Gasteiger partial charge in [-0.3, -0.25) is 0 Å². The molecule has 0 radical (unpaired) electrons. The molecular formula is C15H17BrClN3O. The highest BCUT2D eigenvalue weighted by atomic mass is 79.9. The van der Waals surface area contributed by atoms with Crippen LogP contribution < -0.4 is 5.73 Å². The van der Waals surface area contributed by atoms with E-state index in [0.29, 0.717) is 16.7 Å². The van der Waals surface area contributed by atoms with Crippen molar-refractivity contribution < 1.29 is 4.52 Å². The van der Waals surface area contributed by atoms with Crippen molar-refractivity contribution in [3.63, 3.8) is 0 Å². The third-order valence-corrected chi connectivity index (χ3v) is 4.92. The van der Waals surface area contributed by atoms with Crippen LogP contribution in [-0.4, -0.2) is 10.1 Å². The first-order valence-electron chi connectivity index (χ1n) is 7.17. The number of rotatable bonds is 2. The molecule has 1 saturated carbocycles. The third-order valence-electron chi connectivity index (χ3n) is 4.03. The molecule has 0 saturated heterocycles. The van der Waals surface area contributed by atoms with Gasteiger partial charge in [-0.1, -0.05) is 42.4 Å². The molecule has 1 aliphatic rings. The molecule has 1 fully saturated rings. The molecule has 6 heteroatoms. The zero-order chi connectivity index (χ0) is 14.9. The van der Waals surface area contributed by atoms with Crippen LogP contribution in [-0.2, 0) is 5.54 Å². The summed E-state index contributed by atoms with van der Waals surface area (Å²) in [5, 5.41) is 4.79. The number of hydrogen-bond donors (Lipinski definition) is 1. The molecule has 0 unspecified atom stereocenters. The number of benzene rings is 1. The monoisotopic (exact) mass is 369 g/mol. The number of nitrogens with zero attached hydrogens (tertiary/aromatic N) is 2. The van der Waals surface area contributed by atoms with Crippen molar-refractivity contribution in [3.05, 3.63) is 33.5 Å². The lowest BCUT2D eigenvalue weighted by Crippen LogP contribution is -2.37. The Balaban J connectivity index is 1.92. The van der Waals surface area contributed by atoms with Gasteiger partial charge < -0.3 is 10.3 Å². The van der Waals surface area contributed by atoms with Crippen molar-refractivity contribution in [2.75, 3.05) is 0 Å². The summed E-state index contributed by atoms with van der Waals surface area (Å²) < 4.78 is 6.25. The summed E-state index contributed by atoms with van der Waals surface area (Å²) in [5.41, 5.74) is 6.88. The van der Waals surface area contributed by atoms with Crippen molar-refractivity contribution in [1.82, 2.24) is 10.1 Å². The predicted octanol–water partition coefficient (Wildman–Crippen LogP) is 4.66. The maximum Gasteiger partial charge on any atom is 0.259 e. The van der Waals surface area contributed by atoms with Gasteiger partial charge in [0.25, 0.3) is 5.89 Å². The van der Waals surface area contributed by atoms with Crippen LogP contribution in [0.3, 0.4) is 0 Å². The zero-order valence-electron chi connectivity index (χ0n) is 11.6. The van der Waals surface area contributed by atoms with E-state index in [1.54, 1.807) is 6.07 Å². The van der Waals surface area contributed by atoms with E-state index in [4.69, 9.17) is 21.9 Å². The van der Waals surface area contributed by atoms with E-state index in [2.05, 4.69) is 26.1 Å². The van der Waals surface area contributed by atoms with Gasteiger partial charge in [-0.2, -0.15) is 4.98 Å². The molecule has 1 aromatic carbocycles. The van der Waals surface area contributed by atoms with Crippen molar-refractivity contribution in [2.24, 2.45) is 5.73 Å². The lowest BCUT2D eigenvalue weighted by Gasteiger charge is -2.23. The first-order chi connectivity index (χ1) is 10.1. The van der Waals surface area contributed by atoms with Gasteiger partial charge in [-0.15, -0.1) is 0 Å². The van der Waals surface area contributed by atoms with E-state index < -0.39 is 5.54 Å². The lowest BCUT2D eigenvalue weighted by atomic mass is 9.91. The smallest absolute Gasteiger partial charge is 0.259 e. The van der Waals surface area contributed by atoms with Crippen LogP contribution in [0.15, 0.2) is 27.2 Å². The summed E-state index contributed by atoms with van der Waals surface area (Å²) in [4.78, 5) is 4.53. The largest absolute Gasteiger partial charge is 0.334 e. The van der Waals surface area contributed by atoms with Crippen molar-refractivity contribution in [2.45, 2.75) is 44.1 Å². The third kappa shape index (κ3) is 3.15. The van der Waals surface area contributed by atoms with E-state index in [-0.39, 0.29) is 0 Å². The van der Waals surface area contributed by atoms with Crippen LogP contribution in [0.2, 0.25) is 5.02 Å². The quantitative estimate of drug-likeness (QED) is 0.781. The molecule has 112 valence electrons. The standard InChI is InChI=1S/C15H17BrClN3O/c16-12-9-10(17)5-6-11(12)13-19-14(20-21-13)15(18)7-3-1-2-4-8-15/h5-6,9H,1-4,7-8,18H2. The van der Waals surface area contributed by atoms with Gasteiger partial charge >= 0.3 is 0 Å². The Bertz CT molecular complexity index is 636. The summed E-state index contributed by atoms with van der Waals surface area (Å²) in [7, 11) is 0. The number of halogens is 2. The predicted molar refractivity (Wildman–Crippen MR) is 86.0 cm³/mol. The summed E-state index contributed by atoms with van der Waals surface area (Å²) in [5.74, 6) is 1.09. The molecule has 1 heterocycles. The lowest BCUT2D eigenvalue weighted by molar-refractivity contribution is 0.334. The van der Waals surface area contributed by atoms with Gasteiger partial charge in [0.15, 0.2) is 5.82 Å². The second-order valence-electron chi connectivity index (χ2n) is 5.62. The van der Waals surface area contributed by atoms with Crippen LogP contribution >= 0.6 is 27.5 Å². The highest BCUT2D eigenvalue weighted by Crippen LogP contribution is 2.35. The van der Waals surface area contributed by atoms with Crippen molar-refractivity contribution in [3.8, 4) is 11.5 Å². The minimum atomic E-state index is -0.461. The van der Waals surface area contributed by atoms with Gasteiger partial charge in [0.1, 0.15) is 0 Å². The van der Waals surface area contributed by atoms with Gasteiger partial charge in [0, 0.05) is 9.50 Å². The van der Waals surface area contributed by atoms with Gasteiger partial charge in [-0.25, -0.2) is 0 Å². The normalized spacial score (nSPS) is 18.4. The molecule has 1 aromatic heterocycles. The molecule has 4 nitrogen and oxygen atoms in total. The topological polar surface area (TPSA) is 64.9 Å². The van der Waals surface area contributed by atoms with E-state index in [9.17, 15) is 0 Å². The van der Waals surface area contributed by atoms with E-state index in [1.807, 2.05) is 12.1 Å². The zero-order valence-corrected chi connectivity index (χ0v) is 14.0. The van der Waals surface area contributed by atoms with Crippen LogP contribution in [0.25, 0.3) is 11.5 Å². The van der Waals surface area contributed by atoms with E-state index in [1.165, 1.54) is 12.8 Å². The summed E-state index contributed by atoms with van der Waals surface area (Å²) >= 11 is 9.43. The molecule has 2 N–H and O–H groups in total. The fourth-order valence-electron chi connectivity index (χ4n) is 2.78. The molecule has 1 aliphatic carbocycles. The second kappa shape index (κ2) is 6.07. The SMILES string of the molecule is NC1(c2noc(-c3ccc(Cl)cc3Br)n2)CCCCCC1. The average molecular weight is 371 g/mol. The van der Waals surface area contributed by atoms with Crippen LogP contribution in [0.4, 0.5) is 0 Å². The fraction of sp³-hybridized carbons (Fsp3) is 0.467. The number of nitrogens with two attached hydrogens (primary N) is 1. The number of aromatic nitrogens is 2. The van der Waals surface area contributed by atoms with E-state index in [0.717, 1.165) is 35.7 Å². The van der Waals surface area contributed by atoms with Crippen LogP contribution in [0, 0.1) is 0 Å². The molecule has 3 rings (SSSR count). The second-order valence-corrected chi connectivity index (χ2v) is 6.91. The Morgan fingerprint density at radius 1 is 1.19 bits per heavy atom. The molecule has 21 heavy (non-hydrogen) atoms. The van der Waals surface area contributed by atoms with Gasteiger partial charge in [-0.05, 0) is 47.0 Å². The van der Waals surface area contributed by atoms with Crippen molar-refractivity contribution >= 4 is 27.5 Å². The maximum atomic E-state index is 6.52. The minimum Gasteiger partial charge on any atom is -0.334 e. The molecule has 0 amide bonds. The van der Waals surface area contributed by atoms with Crippen LogP contribution in [0.5, 0.6) is 0 Å². The molecule has 0 aliphatic heterocycles. The number of hydrogen-bond acceptors (Lipinski definition) is 4.